The predicted octanol–water partition coefficient (Wildman–Crippen LogP) is 2.08. The molecular formula is C15H23NO3S. The highest BCUT2D eigenvalue weighted by Crippen LogP contribution is 2.35. The average molecular weight is 297 g/mol. The number of benzene rings is 1. The first-order chi connectivity index (χ1) is 9.35. The Hall–Kier alpha value is -1.07. The second-order valence-corrected chi connectivity index (χ2v) is 8.16. The van der Waals surface area contributed by atoms with Gasteiger partial charge in [0, 0.05) is 6.04 Å². The van der Waals surface area contributed by atoms with E-state index in [9.17, 15) is 8.42 Å². The summed E-state index contributed by atoms with van der Waals surface area (Å²) in [5.74, 6) is 1.05. The molecule has 2 N–H and O–H groups in total. The zero-order valence-corrected chi connectivity index (χ0v) is 13.1. The molecule has 20 heavy (non-hydrogen) atoms. The van der Waals surface area contributed by atoms with E-state index < -0.39 is 21.1 Å². The molecule has 0 bridgehead atoms. The molecule has 112 valence electrons. The molecule has 1 aliphatic carbocycles. The number of fused-ring (bicyclic) bond motifs is 1. The normalized spacial score (nSPS) is 22.6. The summed E-state index contributed by atoms with van der Waals surface area (Å²) < 4.78 is 30.1. The van der Waals surface area contributed by atoms with Gasteiger partial charge in [-0.2, -0.15) is 0 Å². The van der Waals surface area contributed by atoms with Gasteiger partial charge in [0.2, 0.25) is 0 Å². The van der Waals surface area contributed by atoms with Crippen molar-refractivity contribution in [1.29, 1.82) is 0 Å². The fourth-order valence-electron chi connectivity index (χ4n) is 2.91. The Morgan fingerprint density at radius 1 is 1.40 bits per heavy atom. The first kappa shape index (κ1) is 15.3. The van der Waals surface area contributed by atoms with Gasteiger partial charge in [-0.25, -0.2) is 8.42 Å². The number of methoxy groups -OCH3 is 1. The van der Waals surface area contributed by atoms with Gasteiger partial charge in [0.05, 0.1) is 18.1 Å². The number of nitrogens with two attached hydrogens (primary N) is 1. The van der Waals surface area contributed by atoms with E-state index in [2.05, 4.69) is 0 Å². The van der Waals surface area contributed by atoms with Crippen molar-refractivity contribution in [2.75, 3.05) is 12.9 Å². The summed E-state index contributed by atoms with van der Waals surface area (Å²) in [6.07, 6.45) is 1.37. The van der Waals surface area contributed by atoms with E-state index in [0.717, 1.165) is 23.3 Å². The average Bonchev–Trinajstić information content (AvgIpc) is 2.37. The summed E-state index contributed by atoms with van der Waals surface area (Å²) in [6.45, 7) is 3.84. The fraction of sp³-hybridized carbons (Fsp3) is 0.600. The van der Waals surface area contributed by atoms with Crippen molar-refractivity contribution in [3.05, 3.63) is 29.3 Å². The molecular weight excluding hydrogens is 274 g/mol. The van der Waals surface area contributed by atoms with Crippen LogP contribution in [0.4, 0.5) is 0 Å². The minimum atomic E-state index is -3.16. The first-order valence-corrected chi connectivity index (χ1v) is 8.70. The quantitative estimate of drug-likeness (QED) is 0.924. The van der Waals surface area contributed by atoms with Crippen LogP contribution in [0.15, 0.2) is 18.2 Å². The third kappa shape index (κ3) is 2.99. The van der Waals surface area contributed by atoms with Crippen molar-refractivity contribution in [2.24, 2.45) is 11.7 Å². The van der Waals surface area contributed by atoms with Gasteiger partial charge in [-0.05, 0) is 42.0 Å². The number of aryl methyl sites for hydroxylation is 1. The maximum atomic E-state index is 12.5. The Balaban J connectivity index is 2.33. The smallest absolute Gasteiger partial charge is 0.155 e. The highest BCUT2D eigenvalue weighted by molar-refractivity contribution is 7.92. The molecule has 2 rings (SSSR count). The van der Waals surface area contributed by atoms with Crippen LogP contribution in [0.1, 0.15) is 37.4 Å². The molecule has 0 radical (unpaired) electrons. The molecule has 1 aromatic carbocycles. The van der Waals surface area contributed by atoms with Gasteiger partial charge < -0.3 is 10.5 Å². The zero-order chi connectivity index (χ0) is 14.9. The molecule has 0 fully saturated rings. The van der Waals surface area contributed by atoms with Gasteiger partial charge in [-0.3, -0.25) is 0 Å². The van der Waals surface area contributed by atoms with E-state index in [0.29, 0.717) is 6.42 Å². The number of ether oxygens (including phenoxy) is 1. The fourth-order valence-corrected chi connectivity index (χ4v) is 5.15. The Labute approximate surface area is 121 Å². The summed E-state index contributed by atoms with van der Waals surface area (Å²) in [7, 11) is -1.56. The van der Waals surface area contributed by atoms with Crippen molar-refractivity contribution in [3.63, 3.8) is 0 Å². The molecule has 0 aromatic heterocycles. The lowest BCUT2D eigenvalue weighted by Crippen LogP contribution is -2.39. The van der Waals surface area contributed by atoms with Crippen molar-refractivity contribution >= 4 is 9.84 Å². The molecule has 0 aliphatic heterocycles. The van der Waals surface area contributed by atoms with Crippen LogP contribution in [0.3, 0.4) is 0 Å². The summed E-state index contributed by atoms with van der Waals surface area (Å²) in [5.41, 5.74) is 8.29. The number of hydrogen-bond donors (Lipinski definition) is 1. The van der Waals surface area contributed by atoms with Crippen LogP contribution in [-0.2, 0) is 16.3 Å². The van der Waals surface area contributed by atoms with E-state index in [4.69, 9.17) is 10.5 Å². The second kappa shape index (κ2) is 5.74. The maximum Gasteiger partial charge on any atom is 0.155 e. The van der Waals surface area contributed by atoms with Gasteiger partial charge in [0.1, 0.15) is 5.75 Å². The van der Waals surface area contributed by atoms with E-state index in [-0.39, 0.29) is 11.7 Å². The maximum absolute atomic E-state index is 12.5. The van der Waals surface area contributed by atoms with Crippen LogP contribution in [0.2, 0.25) is 0 Å². The Kier molecular flexibility index (Phi) is 4.39. The molecule has 0 saturated heterocycles. The highest BCUT2D eigenvalue weighted by Gasteiger charge is 2.36. The predicted molar refractivity (Wildman–Crippen MR) is 80.7 cm³/mol. The minimum Gasteiger partial charge on any atom is -0.497 e. The third-order valence-electron chi connectivity index (χ3n) is 3.84. The Morgan fingerprint density at radius 2 is 2.10 bits per heavy atom. The van der Waals surface area contributed by atoms with Crippen LogP contribution in [0.25, 0.3) is 0 Å². The second-order valence-electron chi connectivity index (χ2n) is 5.89. The highest BCUT2D eigenvalue weighted by atomic mass is 32.2. The molecule has 2 unspecified atom stereocenters. The molecule has 4 nitrogen and oxygen atoms in total. The molecule has 1 aliphatic rings. The lowest BCUT2D eigenvalue weighted by atomic mass is 9.87. The number of sulfone groups is 1. The molecule has 0 heterocycles. The molecule has 0 spiro atoms. The van der Waals surface area contributed by atoms with Gasteiger partial charge in [0.15, 0.2) is 9.84 Å². The van der Waals surface area contributed by atoms with Crippen LogP contribution in [0, 0.1) is 5.92 Å². The molecule has 5 heteroatoms. The largest absolute Gasteiger partial charge is 0.497 e. The Morgan fingerprint density at radius 3 is 2.70 bits per heavy atom. The van der Waals surface area contributed by atoms with Gasteiger partial charge in [-0.15, -0.1) is 0 Å². The first-order valence-electron chi connectivity index (χ1n) is 6.99. The van der Waals surface area contributed by atoms with Gasteiger partial charge in [-0.1, -0.05) is 19.9 Å². The van der Waals surface area contributed by atoms with Gasteiger partial charge >= 0.3 is 0 Å². The topological polar surface area (TPSA) is 69.4 Å². The summed E-state index contributed by atoms with van der Waals surface area (Å²) >= 11 is 0. The molecule has 0 saturated carbocycles. The summed E-state index contributed by atoms with van der Waals surface area (Å²) in [6, 6.07) is 5.29. The van der Waals surface area contributed by atoms with Crippen molar-refractivity contribution in [2.45, 2.75) is 38.0 Å². The zero-order valence-electron chi connectivity index (χ0n) is 12.3. The monoisotopic (exact) mass is 297 g/mol. The Bertz CT molecular complexity index is 581. The van der Waals surface area contributed by atoms with E-state index in [1.807, 2.05) is 32.0 Å². The lowest BCUT2D eigenvalue weighted by molar-refractivity contribution is 0.412. The minimum absolute atomic E-state index is 0.124. The molecule has 1 aromatic rings. The van der Waals surface area contributed by atoms with Crippen LogP contribution in [-0.4, -0.2) is 26.5 Å². The van der Waals surface area contributed by atoms with Crippen molar-refractivity contribution in [1.82, 2.24) is 0 Å². The van der Waals surface area contributed by atoms with Crippen LogP contribution < -0.4 is 10.5 Å². The van der Waals surface area contributed by atoms with E-state index in [1.165, 1.54) is 0 Å². The van der Waals surface area contributed by atoms with Crippen molar-refractivity contribution < 1.29 is 13.2 Å². The summed E-state index contributed by atoms with van der Waals surface area (Å²) in [5, 5.41) is -0.482. The molecule has 0 amide bonds. The standard InChI is InChI=1S/C15H23NO3S/c1-10(2)9-20(17,18)14-7-5-11-4-6-12(19-3)8-13(11)15(14)16/h4,6,8,10,14-15H,5,7,9,16H2,1-3H3. The number of rotatable bonds is 4. The summed E-state index contributed by atoms with van der Waals surface area (Å²) in [4.78, 5) is 0. The lowest BCUT2D eigenvalue weighted by Gasteiger charge is -2.31. The van der Waals surface area contributed by atoms with E-state index in [1.54, 1.807) is 7.11 Å². The van der Waals surface area contributed by atoms with E-state index >= 15 is 0 Å². The van der Waals surface area contributed by atoms with Crippen LogP contribution in [0.5, 0.6) is 5.75 Å². The molecule has 2 atom stereocenters. The van der Waals surface area contributed by atoms with Crippen LogP contribution >= 0.6 is 0 Å². The van der Waals surface area contributed by atoms with Crippen molar-refractivity contribution in [3.8, 4) is 5.75 Å². The third-order valence-corrected chi connectivity index (χ3v) is 6.42. The SMILES string of the molecule is COc1ccc2c(c1)C(N)C(S(=O)(=O)CC(C)C)CC2. The van der Waals surface area contributed by atoms with Gasteiger partial charge in [0.25, 0.3) is 0 Å². The number of hydrogen-bond acceptors (Lipinski definition) is 4.